The summed E-state index contributed by atoms with van der Waals surface area (Å²) in [5, 5.41) is 1.09. The summed E-state index contributed by atoms with van der Waals surface area (Å²) in [6.45, 7) is 6.27. The predicted molar refractivity (Wildman–Crippen MR) is 75.0 cm³/mol. The van der Waals surface area contributed by atoms with Crippen molar-refractivity contribution in [2.45, 2.75) is 33.2 Å². The van der Waals surface area contributed by atoms with Gasteiger partial charge >= 0.3 is 0 Å². The molecule has 2 N–H and O–H groups in total. The Labute approximate surface area is 108 Å². The highest BCUT2D eigenvalue weighted by Gasteiger charge is 2.11. The van der Waals surface area contributed by atoms with Gasteiger partial charge in [-0.1, -0.05) is 24.1 Å². The van der Waals surface area contributed by atoms with Crippen LogP contribution in [0.15, 0.2) is 34.7 Å². The van der Waals surface area contributed by atoms with Gasteiger partial charge in [-0.2, -0.15) is 0 Å². The van der Waals surface area contributed by atoms with Gasteiger partial charge in [0.2, 0.25) is 0 Å². The first-order valence-electron chi connectivity index (χ1n) is 6.20. The van der Waals surface area contributed by atoms with E-state index in [0.29, 0.717) is 6.42 Å². The van der Waals surface area contributed by atoms with Crippen molar-refractivity contribution in [2.75, 3.05) is 0 Å². The molecule has 0 saturated heterocycles. The topological polar surface area (TPSA) is 39.2 Å². The molecule has 2 aromatic rings. The van der Waals surface area contributed by atoms with E-state index in [1.54, 1.807) is 0 Å². The SMILES string of the molecule is CC(C)(C)C#CCC(N)c1cc2ccccc2o1. The summed E-state index contributed by atoms with van der Waals surface area (Å²) >= 11 is 0. The van der Waals surface area contributed by atoms with Crippen molar-refractivity contribution in [1.29, 1.82) is 0 Å². The number of hydrogen-bond acceptors (Lipinski definition) is 2. The van der Waals surface area contributed by atoms with Gasteiger partial charge in [-0.05, 0) is 32.9 Å². The minimum atomic E-state index is -0.160. The molecule has 0 aliphatic heterocycles. The van der Waals surface area contributed by atoms with E-state index in [0.717, 1.165) is 16.7 Å². The maximum absolute atomic E-state index is 6.09. The molecule has 1 aromatic carbocycles. The normalized spacial score (nSPS) is 13.1. The van der Waals surface area contributed by atoms with Crippen LogP contribution in [-0.4, -0.2) is 0 Å². The second kappa shape index (κ2) is 4.88. The summed E-state index contributed by atoms with van der Waals surface area (Å²) in [5.74, 6) is 7.12. The third-order valence-electron chi connectivity index (χ3n) is 2.60. The number of furan rings is 1. The van der Waals surface area contributed by atoms with E-state index in [1.807, 2.05) is 30.3 Å². The third-order valence-corrected chi connectivity index (χ3v) is 2.60. The molecule has 1 heterocycles. The lowest BCUT2D eigenvalue weighted by atomic mass is 9.97. The molecule has 2 heteroatoms. The van der Waals surface area contributed by atoms with Crippen LogP contribution < -0.4 is 5.73 Å². The Morgan fingerprint density at radius 3 is 2.67 bits per heavy atom. The number of fused-ring (bicyclic) bond motifs is 1. The highest BCUT2D eigenvalue weighted by atomic mass is 16.3. The Hall–Kier alpha value is -1.72. The van der Waals surface area contributed by atoms with Crippen molar-refractivity contribution in [3.05, 3.63) is 36.1 Å². The fourth-order valence-corrected chi connectivity index (χ4v) is 1.71. The zero-order valence-electron chi connectivity index (χ0n) is 11.2. The highest BCUT2D eigenvalue weighted by molar-refractivity contribution is 5.77. The van der Waals surface area contributed by atoms with Crippen LogP contribution in [0.3, 0.4) is 0 Å². The summed E-state index contributed by atoms with van der Waals surface area (Å²) in [6, 6.07) is 9.76. The van der Waals surface area contributed by atoms with Crippen molar-refractivity contribution in [3.8, 4) is 11.8 Å². The molecule has 1 aromatic heterocycles. The molecule has 2 rings (SSSR count). The first-order chi connectivity index (χ1) is 8.46. The largest absolute Gasteiger partial charge is 0.459 e. The van der Waals surface area contributed by atoms with Crippen molar-refractivity contribution in [2.24, 2.45) is 11.1 Å². The number of para-hydroxylation sites is 1. The molecular formula is C16H19NO. The van der Waals surface area contributed by atoms with E-state index in [4.69, 9.17) is 10.2 Å². The zero-order chi connectivity index (χ0) is 13.2. The van der Waals surface area contributed by atoms with Crippen LogP contribution in [0, 0.1) is 17.3 Å². The Kier molecular flexibility index (Phi) is 3.45. The molecule has 0 saturated carbocycles. The molecule has 1 atom stereocenters. The molecule has 0 bridgehead atoms. The Morgan fingerprint density at radius 2 is 2.00 bits per heavy atom. The minimum Gasteiger partial charge on any atom is -0.459 e. The quantitative estimate of drug-likeness (QED) is 0.810. The van der Waals surface area contributed by atoms with Crippen molar-refractivity contribution < 1.29 is 4.42 Å². The molecule has 1 unspecified atom stereocenters. The minimum absolute atomic E-state index is 0.0214. The van der Waals surface area contributed by atoms with Gasteiger partial charge in [0.1, 0.15) is 11.3 Å². The maximum Gasteiger partial charge on any atom is 0.134 e. The molecule has 0 radical (unpaired) electrons. The standard InChI is InChI=1S/C16H19NO/c1-16(2,3)10-6-8-13(17)15-11-12-7-4-5-9-14(12)18-15/h4-5,7,9,11,13H,8,17H2,1-3H3. The Balaban J connectivity index is 2.13. The molecular weight excluding hydrogens is 222 g/mol. The number of rotatable bonds is 2. The van der Waals surface area contributed by atoms with Gasteiger partial charge < -0.3 is 10.2 Å². The van der Waals surface area contributed by atoms with Gasteiger partial charge in [-0.25, -0.2) is 0 Å². The lowest BCUT2D eigenvalue weighted by Crippen LogP contribution is -2.08. The van der Waals surface area contributed by atoms with Crippen LogP contribution in [0.5, 0.6) is 0 Å². The molecule has 0 spiro atoms. The summed E-state index contributed by atoms with van der Waals surface area (Å²) in [4.78, 5) is 0. The average Bonchev–Trinajstić information content (AvgIpc) is 2.70. The Morgan fingerprint density at radius 1 is 1.28 bits per heavy atom. The number of benzene rings is 1. The van der Waals surface area contributed by atoms with E-state index < -0.39 is 0 Å². The first-order valence-corrected chi connectivity index (χ1v) is 6.20. The molecule has 0 amide bonds. The molecule has 94 valence electrons. The van der Waals surface area contributed by atoms with E-state index in [2.05, 4.69) is 32.6 Å². The van der Waals surface area contributed by atoms with Crippen LogP contribution in [0.25, 0.3) is 11.0 Å². The molecule has 0 aliphatic carbocycles. The number of hydrogen-bond donors (Lipinski definition) is 1. The molecule has 0 fully saturated rings. The summed E-state index contributed by atoms with van der Waals surface area (Å²) < 4.78 is 5.72. The van der Waals surface area contributed by atoms with Crippen LogP contribution in [0.2, 0.25) is 0 Å². The molecule has 2 nitrogen and oxygen atoms in total. The fourth-order valence-electron chi connectivity index (χ4n) is 1.71. The van der Waals surface area contributed by atoms with Gasteiger partial charge in [-0.15, -0.1) is 5.92 Å². The highest BCUT2D eigenvalue weighted by Crippen LogP contribution is 2.24. The first kappa shape index (κ1) is 12.7. The van der Waals surface area contributed by atoms with E-state index in [-0.39, 0.29) is 11.5 Å². The van der Waals surface area contributed by atoms with E-state index in [1.165, 1.54) is 0 Å². The van der Waals surface area contributed by atoms with E-state index in [9.17, 15) is 0 Å². The lowest BCUT2D eigenvalue weighted by molar-refractivity contribution is 0.499. The molecule has 0 aliphatic rings. The summed E-state index contributed by atoms with van der Waals surface area (Å²) in [6.07, 6.45) is 0.622. The fraction of sp³-hybridized carbons (Fsp3) is 0.375. The maximum atomic E-state index is 6.09. The zero-order valence-corrected chi connectivity index (χ0v) is 11.2. The second-order valence-corrected chi connectivity index (χ2v) is 5.55. The molecule has 18 heavy (non-hydrogen) atoms. The summed E-state index contributed by atoms with van der Waals surface area (Å²) in [7, 11) is 0. The van der Waals surface area contributed by atoms with Crippen LogP contribution in [0.4, 0.5) is 0 Å². The van der Waals surface area contributed by atoms with E-state index >= 15 is 0 Å². The van der Waals surface area contributed by atoms with Gasteiger partial charge in [0.25, 0.3) is 0 Å². The number of nitrogens with two attached hydrogens (primary N) is 1. The predicted octanol–water partition coefficient (Wildman–Crippen LogP) is 3.87. The Bertz CT molecular complexity index is 560. The second-order valence-electron chi connectivity index (χ2n) is 5.55. The summed E-state index contributed by atoms with van der Waals surface area (Å²) in [5.41, 5.74) is 6.99. The van der Waals surface area contributed by atoms with Gasteiger partial charge in [-0.3, -0.25) is 0 Å². The lowest BCUT2D eigenvalue weighted by Gasteiger charge is -2.08. The van der Waals surface area contributed by atoms with Crippen LogP contribution in [0.1, 0.15) is 39.0 Å². The van der Waals surface area contributed by atoms with Crippen molar-refractivity contribution >= 4 is 11.0 Å². The van der Waals surface area contributed by atoms with Gasteiger partial charge in [0.15, 0.2) is 0 Å². The van der Waals surface area contributed by atoms with Crippen molar-refractivity contribution in [3.63, 3.8) is 0 Å². The van der Waals surface area contributed by atoms with Crippen LogP contribution >= 0.6 is 0 Å². The van der Waals surface area contributed by atoms with Gasteiger partial charge in [0.05, 0.1) is 6.04 Å². The monoisotopic (exact) mass is 241 g/mol. The third kappa shape index (κ3) is 3.15. The smallest absolute Gasteiger partial charge is 0.134 e. The van der Waals surface area contributed by atoms with Crippen molar-refractivity contribution in [1.82, 2.24) is 0 Å². The van der Waals surface area contributed by atoms with Gasteiger partial charge in [0, 0.05) is 17.2 Å². The van der Waals surface area contributed by atoms with Crippen LogP contribution in [-0.2, 0) is 0 Å². The average molecular weight is 241 g/mol.